The summed E-state index contributed by atoms with van der Waals surface area (Å²) < 4.78 is 40.4. The molecule has 5 nitrogen and oxygen atoms in total. The summed E-state index contributed by atoms with van der Waals surface area (Å²) >= 11 is 0. The number of ether oxygens (including phenoxy) is 1. The van der Waals surface area contributed by atoms with Crippen molar-refractivity contribution >= 4 is 11.6 Å². The number of nitrogens with zero attached hydrogens (tertiary/aromatic N) is 1. The third kappa shape index (κ3) is 5.97. The molecule has 23 heavy (non-hydrogen) atoms. The quantitative estimate of drug-likeness (QED) is 0.585. The second-order valence-corrected chi connectivity index (χ2v) is 5.69. The smallest absolute Gasteiger partial charge is 0.406 e. The Balaban J connectivity index is 1.95. The largest absolute Gasteiger partial charge is 0.573 e. The number of nitrogens with one attached hydrogen (secondary N) is 1. The van der Waals surface area contributed by atoms with Gasteiger partial charge in [-0.15, -0.1) is 13.2 Å². The summed E-state index contributed by atoms with van der Waals surface area (Å²) in [5, 5.41) is 13.0. The Morgan fingerprint density at radius 1 is 1.30 bits per heavy atom. The first kappa shape index (κ1) is 17.4. The van der Waals surface area contributed by atoms with E-state index in [-0.39, 0.29) is 18.3 Å². The number of aliphatic imine (C=N–C) groups is 1. The molecule has 0 spiro atoms. The molecule has 1 saturated carbocycles. The topological polar surface area (TPSA) is 79.9 Å². The van der Waals surface area contributed by atoms with Crippen molar-refractivity contribution in [3.8, 4) is 5.75 Å². The fourth-order valence-corrected chi connectivity index (χ4v) is 2.56. The molecule has 1 aliphatic rings. The van der Waals surface area contributed by atoms with Crippen LogP contribution in [0.3, 0.4) is 0 Å². The fraction of sp³-hybridized carbons (Fsp3) is 0.533. The molecule has 0 aromatic heterocycles. The molecule has 0 aliphatic heterocycles. The Morgan fingerprint density at radius 2 is 2.00 bits per heavy atom. The fourth-order valence-electron chi connectivity index (χ4n) is 2.56. The van der Waals surface area contributed by atoms with Gasteiger partial charge < -0.3 is 20.9 Å². The number of hydrogen-bond acceptors (Lipinski definition) is 3. The number of anilines is 1. The molecular formula is C15H20F3N3O2. The van der Waals surface area contributed by atoms with Gasteiger partial charge in [-0.2, -0.15) is 0 Å². The number of alkyl halides is 3. The molecule has 8 heteroatoms. The molecule has 0 unspecified atom stereocenters. The van der Waals surface area contributed by atoms with Crippen molar-refractivity contribution in [3.05, 3.63) is 24.3 Å². The summed E-state index contributed by atoms with van der Waals surface area (Å²) in [6.07, 6.45) is -0.377. The molecule has 4 N–H and O–H groups in total. The minimum Gasteiger partial charge on any atom is -0.406 e. The van der Waals surface area contributed by atoms with Gasteiger partial charge in [0.25, 0.3) is 0 Å². The Bertz CT molecular complexity index is 555. The van der Waals surface area contributed by atoms with Crippen molar-refractivity contribution in [1.29, 1.82) is 0 Å². The maximum Gasteiger partial charge on any atom is 0.573 e. The number of halogens is 3. The van der Waals surface area contributed by atoms with E-state index in [1.54, 1.807) is 6.07 Å². The molecule has 0 atom stereocenters. The predicted molar refractivity (Wildman–Crippen MR) is 81.3 cm³/mol. The zero-order valence-electron chi connectivity index (χ0n) is 12.6. The van der Waals surface area contributed by atoms with E-state index in [1.165, 1.54) is 18.2 Å². The lowest BCUT2D eigenvalue weighted by molar-refractivity contribution is -0.274. The van der Waals surface area contributed by atoms with E-state index >= 15 is 0 Å². The third-order valence-electron chi connectivity index (χ3n) is 3.67. The van der Waals surface area contributed by atoms with Crippen molar-refractivity contribution in [2.24, 2.45) is 10.7 Å². The Kier molecular flexibility index (Phi) is 5.35. The zero-order valence-corrected chi connectivity index (χ0v) is 12.6. The van der Waals surface area contributed by atoms with Crippen LogP contribution >= 0.6 is 0 Å². The van der Waals surface area contributed by atoms with Crippen molar-refractivity contribution in [2.75, 3.05) is 11.9 Å². The highest BCUT2D eigenvalue weighted by atomic mass is 19.4. The summed E-state index contributed by atoms with van der Waals surface area (Å²) in [4.78, 5) is 4.09. The molecule has 1 aliphatic carbocycles. The molecule has 1 aromatic carbocycles. The van der Waals surface area contributed by atoms with Crippen LogP contribution in [0.5, 0.6) is 5.75 Å². The molecule has 0 heterocycles. The number of nitrogens with two attached hydrogens (primary N) is 1. The minimum atomic E-state index is -4.75. The standard InChI is InChI=1S/C15H20F3N3O2/c16-15(17,18)23-12-6-4-5-11(9-12)21-13(19)20-10-14(22)7-2-1-3-8-14/h4-6,9,22H,1-3,7-8,10H2,(H3,19,20,21). The second kappa shape index (κ2) is 7.08. The highest BCUT2D eigenvalue weighted by molar-refractivity contribution is 5.92. The third-order valence-corrected chi connectivity index (χ3v) is 3.67. The van der Waals surface area contributed by atoms with Gasteiger partial charge in [-0.1, -0.05) is 25.3 Å². The van der Waals surface area contributed by atoms with Crippen LogP contribution in [-0.2, 0) is 0 Å². The summed E-state index contributed by atoms with van der Waals surface area (Å²) in [6, 6.07) is 5.31. The van der Waals surface area contributed by atoms with Crippen molar-refractivity contribution in [2.45, 2.75) is 44.1 Å². The normalized spacial score (nSPS) is 18.5. The van der Waals surface area contributed by atoms with Gasteiger partial charge in [-0.25, -0.2) is 0 Å². The van der Waals surface area contributed by atoms with Gasteiger partial charge >= 0.3 is 6.36 Å². The second-order valence-electron chi connectivity index (χ2n) is 5.69. The van der Waals surface area contributed by atoms with E-state index in [2.05, 4.69) is 15.0 Å². The first-order valence-electron chi connectivity index (χ1n) is 7.41. The zero-order chi connectivity index (χ0) is 16.9. The number of hydrogen-bond donors (Lipinski definition) is 3. The van der Waals surface area contributed by atoms with E-state index in [1.807, 2.05) is 0 Å². The summed E-state index contributed by atoms with van der Waals surface area (Å²) in [6.45, 7) is 0.171. The van der Waals surface area contributed by atoms with E-state index in [0.29, 0.717) is 18.5 Å². The highest BCUT2D eigenvalue weighted by Crippen LogP contribution is 2.28. The van der Waals surface area contributed by atoms with Gasteiger partial charge in [0.2, 0.25) is 0 Å². The van der Waals surface area contributed by atoms with Gasteiger partial charge in [0, 0.05) is 11.8 Å². The Labute approximate surface area is 132 Å². The molecule has 0 amide bonds. The Morgan fingerprint density at radius 3 is 2.65 bits per heavy atom. The molecule has 0 saturated heterocycles. The number of aliphatic hydroxyl groups is 1. The van der Waals surface area contributed by atoms with Crippen LogP contribution in [0.15, 0.2) is 29.3 Å². The van der Waals surface area contributed by atoms with Crippen LogP contribution in [-0.4, -0.2) is 29.6 Å². The van der Waals surface area contributed by atoms with Crippen LogP contribution in [0.1, 0.15) is 32.1 Å². The van der Waals surface area contributed by atoms with Crippen molar-refractivity contribution < 1.29 is 23.0 Å². The van der Waals surface area contributed by atoms with Gasteiger partial charge in [-0.3, -0.25) is 4.99 Å². The van der Waals surface area contributed by atoms with Crippen LogP contribution < -0.4 is 15.8 Å². The first-order valence-corrected chi connectivity index (χ1v) is 7.41. The molecule has 2 rings (SSSR count). The Hall–Kier alpha value is -1.96. The van der Waals surface area contributed by atoms with E-state index in [0.717, 1.165) is 19.3 Å². The summed E-state index contributed by atoms with van der Waals surface area (Å²) in [5.41, 5.74) is 5.21. The van der Waals surface area contributed by atoms with Crippen molar-refractivity contribution in [3.63, 3.8) is 0 Å². The van der Waals surface area contributed by atoms with Crippen LogP contribution in [0.25, 0.3) is 0 Å². The molecular weight excluding hydrogens is 311 g/mol. The SMILES string of the molecule is NC(=NCC1(O)CCCCC1)Nc1cccc(OC(F)(F)F)c1. The van der Waals surface area contributed by atoms with Gasteiger partial charge in [-0.05, 0) is 25.0 Å². The lowest BCUT2D eigenvalue weighted by Gasteiger charge is -2.30. The number of benzene rings is 1. The predicted octanol–water partition coefficient (Wildman–Crippen LogP) is 3.01. The van der Waals surface area contributed by atoms with Crippen LogP contribution in [0, 0.1) is 0 Å². The van der Waals surface area contributed by atoms with Crippen LogP contribution in [0.2, 0.25) is 0 Å². The number of guanidine groups is 1. The maximum atomic E-state index is 12.2. The minimum absolute atomic E-state index is 0.0353. The molecule has 128 valence electrons. The van der Waals surface area contributed by atoms with E-state index in [4.69, 9.17) is 5.73 Å². The molecule has 0 radical (unpaired) electrons. The lowest BCUT2D eigenvalue weighted by Crippen LogP contribution is -2.36. The lowest BCUT2D eigenvalue weighted by atomic mass is 9.85. The monoisotopic (exact) mass is 331 g/mol. The van der Waals surface area contributed by atoms with Gasteiger partial charge in [0.05, 0.1) is 12.1 Å². The average molecular weight is 331 g/mol. The molecule has 0 bridgehead atoms. The van der Waals surface area contributed by atoms with Gasteiger partial charge in [0.1, 0.15) is 5.75 Å². The first-order chi connectivity index (χ1) is 10.8. The highest BCUT2D eigenvalue weighted by Gasteiger charge is 2.31. The van der Waals surface area contributed by atoms with Crippen LogP contribution in [0.4, 0.5) is 18.9 Å². The molecule has 1 fully saturated rings. The van der Waals surface area contributed by atoms with E-state index < -0.39 is 12.0 Å². The maximum absolute atomic E-state index is 12.2. The van der Waals surface area contributed by atoms with Crippen molar-refractivity contribution in [1.82, 2.24) is 0 Å². The summed E-state index contributed by atoms with van der Waals surface area (Å²) in [7, 11) is 0. The van der Waals surface area contributed by atoms with Gasteiger partial charge in [0.15, 0.2) is 5.96 Å². The molecule has 1 aromatic rings. The average Bonchev–Trinajstić information content (AvgIpc) is 2.45. The van der Waals surface area contributed by atoms with E-state index in [9.17, 15) is 18.3 Å². The number of rotatable bonds is 4. The summed E-state index contributed by atoms with van der Waals surface area (Å²) in [5.74, 6) is -0.311.